The molecule has 35 heavy (non-hydrogen) atoms. The van der Waals surface area contributed by atoms with Crippen LogP contribution in [0.4, 0.5) is 11.4 Å². The zero-order valence-electron chi connectivity index (χ0n) is 20.8. The van der Waals surface area contributed by atoms with Crippen LogP contribution in [0.2, 0.25) is 0 Å². The predicted molar refractivity (Wildman–Crippen MR) is 137 cm³/mol. The van der Waals surface area contributed by atoms with Crippen molar-refractivity contribution in [1.82, 2.24) is 4.31 Å². The summed E-state index contributed by atoms with van der Waals surface area (Å²) < 4.78 is 34.2. The molecule has 0 unspecified atom stereocenters. The first-order valence-electron chi connectivity index (χ1n) is 12.4. The molecule has 2 atom stereocenters. The topological polar surface area (TPSA) is 79.0 Å². The Morgan fingerprint density at radius 1 is 1.00 bits per heavy atom. The normalized spacial score (nSPS) is 26.5. The lowest BCUT2D eigenvalue weighted by Gasteiger charge is -2.39. The second kappa shape index (κ2) is 8.91. The number of carbonyl (C=O) groups is 1. The van der Waals surface area contributed by atoms with Crippen LogP contribution in [0, 0.1) is 10.8 Å². The van der Waals surface area contributed by atoms with Gasteiger partial charge in [0.25, 0.3) is 5.91 Å². The number of hydrogen-bond acceptors (Lipinski definition) is 5. The van der Waals surface area contributed by atoms with E-state index < -0.39 is 10.0 Å². The van der Waals surface area contributed by atoms with Gasteiger partial charge in [0.05, 0.1) is 29.5 Å². The Kier molecular flexibility index (Phi) is 6.18. The van der Waals surface area contributed by atoms with Crippen molar-refractivity contribution in [2.75, 3.05) is 43.1 Å². The number of anilines is 2. The van der Waals surface area contributed by atoms with Gasteiger partial charge in [-0.2, -0.15) is 4.31 Å². The molecule has 2 aliphatic heterocycles. The highest BCUT2D eigenvalue weighted by Gasteiger charge is 2.53. The fraction of sp³-hybridized carbons (Fsp3) is 0.519. The minimum absolute atomic E-state index is 0.0210. The first kappa shape index (κ1) is 24.3. The zero-order chi connectivity index (χ0) is 24.8. The van der Waals surface area contributed by atoms with E-state index in [1.807, 2.05) is 24.3 Å². The molecular weight excluding hydrogens is 462 g/mol. The lowest BCUT2D eigenvalue weighted by atomic mass is 9.65. The third kappa shape index (κ3) is 4.84. The first-order chi connectivity index (χ1) is 16.6. The summed E-state index contributed by atoms with van der Waals surface area (Å²) in [6, 6.07) is 14.1. The van der Waals surface area contributed by atoms with Gasteiger partial charge in [-0.1, -0.05) is 32.9 Å². The van der Waals surface area contributed by atoms with Crippen LogP contribution in [0.5, 0.6) is 0 Å². The van der Waals surface area contributed by atoms with Crippen LogP contribution in [0.3, 0.4) is 0 Å². The van der Waals surface area contributed by atoms with E-state index in [-0.39, 0.29) is 27.7 Å². The maximum absolute atomic E-state index is 13.5. The van der Waals surface area contributed by atoms with Gasteiger partial charge in [0.15, 0.2) is 0 Å². The molecule has 2 bridgehead atoms. The van der Waals surface area contributed by atoms with Crippen LogP contribution >= 0.6 is 0 Å². The highest BCUT2D eigenvalue weighted by molar-refractivity contribution is 7.89. The number of para-hydroxylation sites is 2. The molecule has 1 amide bonds. The van der Waals surface area contributed by atoms with Gasteiger partial charge in [-0.15, -0.1) is 0 Å². The summed E-state index contributed by atoms with van der Waals surface area (Å²) in [6.45, 7) is 10.1. The molecule has 0 aromatic heterocycles. The highest BCUT2D eigenvalue weighted by Crippen LogP contribution is 2.53. The average Bonchev–Trinajstić information content (AvgIpc) is 3.09. The minimum Gasteiger partial charge on any atom is -0.378 e. The molecule has 2 heterocycles. The molecule has 1 aliphatic carbocycles. The van der Waals surface area contributed by atoms with Crippen molar-refractivity contribution in [2.45, 2.75) is 51.0 Å². The van der Waals surface area contributed by atoms with Crippen LogP contribution in [-0.4, -0.2) is 57.5 Å². The predicted octanol–water partition coefficient (Wildman–Crippen LogP) is 4.36. The zero-order valence-corrected chi connectivity index (χ0v) is 21.6. The van der Waals surface area contributed by atoms with Gasteiger partial charge in [0, 0.05) is 31.2 Å². The van der Waals surface area contributed by atoms with E-state index in [0.29, 0.717) is 25.3 Å². The van der Waals surface area contributed by atoms with Gasteiger partial charge < -0.3 is 15.0 Å². The second-order valence-electron chi connectivity index (χ2n) is 11.4. The Morgan fingerprint density at radius 2 is 1.69 bits per heavy atom. The molecule has 1 N–H and O–H groups in total. The number of morpholine rings is 1. The van der Waals surface area contributed by atoms with Crippen molar-refractivity contribution >= 4 is 27.3 Å². The fourth-order valence-corrected chi connectivity index (χ4v) is 8.23. The van der Waals surface area contributed by atoms with Crippen LogP contribution in [-0.2, 0) is 14.8 Å². The molecule has 2 aromatic rings. The van der Waals surface area contributed by atoms with E-state index in [9.17, 15) is 13.2 Å². The van der Waals surface area contributed by atoms with E-state index in [2.05, 4.69) is 31.0 Å². The Hall–Kier alpha value is -2.42. The second-order valence-corrected chi connectivity index (χ2v) is 13.2. The van der Waals surface area contributed by atoms with Crippen LogP contribution in [0.25, 0.3) is 0 Å². The van der Waals surface area contributed by atoms with Crippen LogP contribution in [0.15, 0.2) is 53.4 Å². The van der Waals surface area contributed by atoms with Crippen molar-refractivity contribution in [3.8, 4) is 0 Å². The molecule has 7 nitrogen and oxygen atoms in total. The number of sulfonamides is 1. The number of amides is 1. The van der Waals surface area contributed by atoms with Crippen molar-refractivity contribution in [3.63, 3.8) is 0 Å². The van der Waals surface area contributed by atoms with Crippen molar-refractivity contribution in [2.24, 2.45) is 10.8 Å². The standard InChI is InChI=1S/C27H35N3O4S/c1-26(2)16-21-17-27(3,18-26)19-30(21)35(32,33)22-10-8-20(9-11-22)25(31)28-23-6-4-5-7-24(23)29-12-14-34-15-13-29/h4-11,21H,12-19H2,1-3H3,(H,28,31)/t21-,27-/m0/s1. The number of carbonyl (C=O) groups excluding carboxylic acids is 1. The van der Waals surface area contributed by atoms with E-state index in [0.717, 1.165) is 43.7 Å². The SMILES string of the molecule is CC1(C)C[C@H]2C[C@](C)(CN2S(=O)(=O)c2ccc(C(=O)Nc3ccccc3N3CCOCC3)cc2)C1. The fourth-order valence-electron chi connectivity index (χ4n) is 6.46. The largest absolute Gasteiger partial charge is 0.378 e. The minimum atomic E-state index is -3.62. The smallest absolute Gasteiger partial charge is 0.255 e. The van der Waals surface area contributed by atoms with E-state index >= 15 is 0 Å². The summed E-state index contributed by atoms with van der Waals surface area (Å²) in [6.07, 6.45) is 2.83. The van der Waals surface area contributed by atoms with Crippen LogP contribution < -0.4 is 10.2 Å². The van der Waals surface area contributed by atoms with Gasteiger partial charge in [-0.3, -0.25) is 4.79 Å². The van der Waals surface area contributed by atoms with Crippen LogP contribution in [0.1, 0.15) is 50.4 Å². The van der Waals surface area contributed by atoms with Gasteiger partial charge in [-0.25, -0.2) is 8.42 Å². The molecule has 5 rings (SSSR count). The van der Waals surface area contributed by atoms with Gasteiger partial charge in [0.2, 0.25) is 10.0 Å². The Morgan fingerprint density at radius 3 is 2.40 bits per heavy atom. The summed E-state index contributed by atoms with van der Waals surface area (Å²) in [5, 5.41) is 3.00. The van der Waals surface area contributed by atoms with E-state index in [4.69, 9.17) is 4.74 Å². The summed E-state index contributed by atoms with van der Waals surface area (Å²) in [5.41, 5.74) is 2.28. The maximum atomic E-state index is 13.5. The quantitative estimate of drug-likeness (QED) is 0.664. The first-order valence-corrected chi connectivity index (χ1v) is 13.9. The molecule has 0 radical (unpaired) electrons. The lowest BCUT2D eigenvalue weighted by molar-refractivity contribution is 0.102. The van der Waals surface area contributed by atoms with E-state index in [1.165, 1.54) is 0 Å². The third-order valence-corrected chi connectivity index (χ3v) is 9.51. The number of nitrogens with zero attached hydrogens (tertiary/aromatic N) is 2. The highest BCUT2D eigenvalue weighted by atomic mass is 32.2. The summed E-state index contributed by atoms with van der Waals surface area (Å²) in [5.74, 6) is -0.263. The van der Waals surface area contributed by atoms with Crippen molar-refractivity contribution in [1.29, 1.82) is 0 Å². The van der Waals surface area contributed by atoms with Gasteiger partial charge in [0.1, 0.15) is 0 Å². The number of fused-ring (bicyclic) bond motifs is 2. The molecule has 188 valence electrons. The Bertz CT molecular complexity index is 1210. The number of ether oxygens (including phenoxy) is 1. The summed E-state index contributed by atoms with van der Waals surface area (Å²) >= 11 is 0. The van der Waals surface area contributed by atoms with E-state index in [1.54, 1.807) is 28.6 Å². The third-order valence-electron chi connectivity index (χ3n) is 7.59. The molecule has 0 spiro atoms. The molecule has 8 heteroatoms. The number of nitrogens with one attached hydrogen (secondary N) is 1. The lowest BCUT2D eigenvalue weighted by Crippen LogP contribution is -2.37. The number of rotatable bonds is 5. The number of hydrogen-bond donors (Lipinski definition) is 1. The molecule has 1 saturated carbocycles. The molecule has 3 aliphatic rings. The molecule has 3 fully saturated rings. The maximum Gasteiger partial charge on any atom is 0.255 e. The van der Waals surface area contributed by atoms with Crippen molar-refractivity contribution < 1.29 is 17.9 Å². The van der Waals surface area contributed by atoms with Gasteiger partial charge >= 0.3 is 0 Å². The average molecular weight is 498 g/mol. The molecule has 2 aromatic carbocycles. The summed E-state index contributed by atoms with van der Waals surface area (Å²) in [7, 11) is -3.62. The Labute approximate surface area is 208 Å². The molecular formula is C27H35N3O4S. The number of benzene rings is 2. The monoisotopic (exact) mass is 497 g/mol. The Balaban J connectivity index is 1.32. The van der Waals surface area contributed by atoms with Gasteiger partial charge in [-0.05, 0) is 66.5 Å². The molecule has 2 saturated heterocycles. The summed E-state index contributed by atoms with van der Waals surface area (Å²) in [4.78, 5) is 15.5. The van der Waals surface area contributed by atoms with Crippen molar-refractivity contribution in [3.05, 3.63) is 54.1 Å².